The maximum atomic E-state index is 10.8. The van der Waals surface area contributed by atoms with Crippen LogP contribution in [-0.2, 0) is 0 Å². The van der Waals surface area contributed by atoms with Crippen LogP contribution >= 0.6 is 0 Å². The van der Waals surface area contributed by atoms with Crippen molar-refractivity contribution in [1.29, 1.82) is 0 Å². The maximum Gasteiger partial charge on any atom is 0.150 e. The number of aryl methyl sites for hydroxylation is 1. The molecule has 0 spiro atoms. The van der Waals surface area contributed by atoms with Crippen molar-refractivity contribution in [3.63, 3.8) is 0 Å². The molecular formula is C12H10O2. The summed E-state index contributed by atoms with van der Waals surface area (Å²) in [6, 6.07) is 9.04. The normalized spacial score (nSPS) is 10.4. The van der Waals surface area contributed by atoms with Gasteiger partial charge in [0.05, 0.1) is 0 Å². The third-order valence-electron chi connectivity index (χ3n) is 2.37. The van der Waals surface area contributed by atoms with E-state index in [1.807, 2.05) is 24.3 Å². The average molecular weight is 186 g/mol. The van der Waals surface area contributed by atoms with Crippen molar-refractivity contribution < 1.29 is 9.90 Å². The second-order valence-corrected chi connectivity index (χ2v) is 3.29. The molecule has 0 heterocycles. The summed E-state index contributed by atoms with van der Waals surface area (Å²) >= 11 is 0. The number of carbonyl (C=O) groups is 1. The molecule has 0 radical (unpaired) electrons. The molecule has 2 aromatic carbocycles. The first kappa shape index (κ1) is 8.75. The Morgan fingerprint density at radius 2 is 1.86 bits per heavy atom. The summed E-state index contributed by atoms with van der Waals surface area (Å²) in [4.78, 5) is 10.8. The van der Waals surface area contributed by atoms with Crippen LogP contribution in [0.1, 0.15) is 15.9 Å². The standard InChI is InChI=1S/C12H10O2/c1-8-6-9(7-13)10-4-2-3-5-11(10)12(8)14/h2-7,14H,1H3. The van der Waals surface area contributed by atoms with Crippen LogP contribution in [0, 0.1) is 6.92 Å². The monoisotopic (exact) mass is 186 g/mol. The van der Waals surface area contributed by atoms with E-state index in [1.165, 1.54) is 0 Å². The number of aldehydes is 1. The van der Waals surface area contributed by atoms with E-state index in [1.54, 1.807) is 13.0 Å². The third kappa shape index (κ3) is 1.16. The summed E-state index contributed by atoms with van der Waals surface area (Å²) in [6.07, 6.45) is 0.814. The summed E-state index contributed by atoms with van der Waals surface area (Å²) in [6.45, 7) is 1.79. The van der Waals surface area contributed by atoms with Gasteiger partial charge in [-0.2, -0.15) is 0 Å². The number of aromatic hydroxyl groups is 1. The molecule has 0 bridgehead atoms. The van der Waals surface area contributed by atoms with Gasteiger partial charge in [-0.3, -0.25) is 4.79 Å². The maximum absolute atomic E-state index is 10.8. The van der Waals surface area contributed by atoms with E-state index < -0.39 is 0 Å². The van der Waals surface area contributed by atoms with Crippen molar-refractivity contribution in [2.45, 2.75) is 6.92 Å². The molecule has 70 valence electrons. The van der Waals surface area contributed by atoms with Gasteiger partial charge < -0.3 is 5.11 Å². The minimum Gasteiger partial charge on any atom is -0.507 e. The van der Waals surface area contributed by atoms with Crippen molar-refractivity contribution in [3.8, 4) is 5.75 Å². The lowest BCUT2D eigenvalue weighted by molar-refractivity contribution is 0.112. The van der Waals surface area contributed by atoms with Crippen LogP contribution in [0.3, 0.4) is 0 Å². The van der Waals surface area contributed by atoms with E-state index >= 15 is 0 Å². The highest BCUT2D eigenvalue weighted by atomic mass is 16.3. The van der Waals surface area contributed by atoms with Gasteiger partial charge in [-0.05, 0) is 23.9 Å². The number of rotatable bonds is 1. The Bertz CT molecular complexity index is 501. The van der Waals surface area contributed by atoms with E-state index in [2.05, 4.69) is 0 Å². The van der Waals surface area contributed by atoms with E-state index in [9.17, 15) is 9.90 Å². The summed E-state index contributed by atoms with van der Waals surface area (Å²) in [5.41, 5.74) is 1.35. The molecular weight excluding hydrogens is 176 g/mol. The zero-order chi connectivity index (χ0) is 10.1. The lowest BCUT2D eigenvalue weighted by Gasteiger charge is -2.06. The second kappa shape index (κ2) is 3.14. The van der Waals surface area contributed by atoms with Crippen LogP contribution < -0.4 is 0 Å². The predicted octanol–water partition coefficient (Wildman–Crippen LogP) is 2.67. The third-order valence-corrected chi connectivity index (χ3v) is 2.37. The molecule has 1 N–H and O–H groups in total. The topological polar surface area (TPSA) is 37.3 Å². The van der Waals surface area contributed by atoms with Crippen molar-refractivity contribution in [3.05, 3.63) is 41.5 Å². The smallest absolute Gasteiger partial charge is 0.150 e. The Morgan fingerprint density at radius 1 is 1.21 bits per heavy atom. The molecule has 0 aliphatic carbocycles. The SMILES string of the molecule is Cc1cc(C=O)c2ccccc2c1O. The molecule has 0 aliphatic heterocycles. The van der Waals surface area contributed by atoms with Gasteiger partial charge >= 0.3 is 0 Å². The van der Waals surface area contributed by atoms with Gasteiger partial charge in [0, 0.05) is 10.9 Å². The number of benzene rings is 2. The fourth-order valence-corrected chi connectivity index (χ4v) is 1.63. The molecule has 0 unspecified atom stereocenters. The van der Waals surface area contributed by atoms with Gasteiger partial charge in [0.25, 0.3) is 0 Å². The average Bonchev–Trinajstić information content (AvgIpc) is 2.23. The fraction of sp³-hybridized carbons (Fsp3) is 0.0833. The van der Waals surface area contributed by atoms with Crippen molar-refractivity contribution >= 4 is 17.1 Å². The molecule has 2 heteroatoms. The second-order valence-electron chi connectivity index (χ2n) is 3.29. The molecule has 2 aromatic rings. The van der Waals surface area contributed by atoms with E-state index in [0.717, 1.165) is 22.6 Å². The molecule has 0 saturated carbocycles. The number of phenols is 1. The number of hydrogen-bond acceptors (Lipinski definition) is 2. The molecule has 0 amide bonds. The number of carbonyl (C=O) groups excluding carboxylic acids is 1. The van der Waals surface area contributed by atoms with Crippen molar-refractivity contribution in [2.24, 2.45) is 0 Å². The van der Waals surface area contributed by atoms with Crippen LogP contribution in [0.2, 0.25) is 0 Å². The first-order chi connectivity index (χ1) is 6.74. The number of fused-ring (bicyclic) bond motifs is 1. The Morgan fingerprint density at radius 3 is 2.50 bits per heavy atom. The van der Waals surface area contributed by atoms with Gasteiger partial charge in [0.2, 0.25) is 0 Å². The van der Waals surface area contributed by atoms with Gasteiger partial charge in [-0.15, -0.1) is 0 Å². The lowest BCUT2D eigenvalue weighted by Crippen LogP contribution is -1.86. The zero-order valence-corrected chi connectivity index (χ0v) is 7.82. The summed E-state index contributed by atoms with van der Waals surface area (Å²) in [5.74, 6) is 0.256. The largest absolute Gasteiger partial charge is 0.507 e. The van der Waals surface area contributed by atoms with Crippen molar-refractivity contribution in [1.82, 2.24) is 0 Å². The molecule has 14 heavy (non-hydrogen) atoms. The lowest BCUT2D eigenvalue weighted by atomic mass is 10.0. The fourth-order valence-electron chi connectivity index (χ4n) is 1.63. The number of phenolic OH excluding ortho intramolecular Hbond substituents is 1. The summed E-state index contributed by atoms with van der Waals surface area (Å²) < 4.78 is 0. The van der Waals surface area contributed by atoms with Crippen LogP contribution in [0.4, 0.5) is 0 Å². The predicted molar refractivity (Wildman–Crippen MR) is 55.7 cm³/mol. The molecule has 0 aliphatic rings. The first-order valence-electron chi connectivity index (χ1n) is 4.40. The Kier molecular flexibility index (Phi) is 1.97. The van der Waals surface area contributed by atoms with Crippen LogP contribution in [0.5, 0.6) is 5.75 Å². The van der Waals surface area contributed by atoms with Gasteiger partial charge in [-0.25, -0.2) is 0 Å². The molecule has 0 fully saturated rings. The van der Waals surface area contributed by atoms with Gasteiger partial charge in [0.15, 0.2) is 6.29 Å². The highest BCUT2D eigenvalue weighted by molar-refractivity contribution is 6.01. The van der Waals surface area contributed by atoms with Crippen molar-refractivity contribution in [2.75, 3.05) is 0 Å². The van der Waals surface area contributed by atoms with Crippen LogP contribution in [-0.4, -0.2) is 11.4 Å². The zero-order valence-electron chi connectivity index (χ0n) is 7.82. The minimum absolute atomic E-state index is 0.256. The first-order valence-corrected chi connectivity index (χ1v) is 4.40. The summed E-state index contributed by atoms with van der Waals surface area (Å²) in [7, 11) is 0. The van der Waals surface area contributed by atoms with E-state index in [-0.39, 0.29) is 5.75 Å². The van der Waals surface area contributed by atoms with E-state index in [4.69, 9.17) is 0 Å². The highest BCUT2D eigenvalue weighted by Gasteiger charge is 2.06. The molecule has 2 rings (SSSR count). The summed E-state index contributed by atoms with van der Waals surface area (Å²) in [5, 5.41) is 11.3. The van der Waals surface area contributed by atoms with Crippen LogP contribution in [0.15, 0.2) is 30.3 Å². The minimum atomic E-state index is 0.256. The van der Waals surface area contributed by atoms with E-state index in [0.29, 0.717) is 5.56 Å². The highest BCUT2D eigenvalue weighted by Crippen LogP contribution is 2.30. The molecule has 0 aromatic heterocycles. The molecule has 0 atom stereocenters. The molecule has 0 saturated heterocycles. The number of hydrogen-bond donors (Lipinski definition) is 1. The Labute approximate surface area is 81.8 Å². The Balaban J connectivity index is 2.96. The van der Waals surface area contributed by atoms with Gasteiger partial charge in [-0.1, -0.05) is 24.3 Å². The van der Waals surface area contributed by atoms with Crippen LogP contribution in [0.25, 0.3) is 10.8 Å². The van der Waals surface area contributed by atoms with Gasteiger partial charge in [0.1, 0.15) is 5.75 Å². The quantitative estimate of drug-likeness (QED) is 0.695. The Hall–Kier alpha value is -1.83. The molecule has 2 nitrogen and oxygen atoms in total.